The lowest BCUT2D eigenvalue weighted by molar-refractivity contribution is 0.0697. The minimum absolute atomic E-state index is 0.129. The summed E-state index contributed by atoms with van der Waals surface area (Å²) < 4.78 is 0. The summed E-state index contributed by atoms with van der Waals surface area (Å²) in [7, 11) is 0. The van der Waals surface area contributed by atoms with Gasteiger partial charge in [-0.15, -0.1) is 0 Å². The first-order chi connectivity index (χ1) is 18.9. The van der Waals surface area contributed by atoms with Gasteiger partial charge < -0.3 is 10.0 Å². The van der Waals surface area contributed by atoms with E-state index < -0.39 is 5.97 Å². The van der Waals surface area contributed by atoms with Crippen LogP contribution >= 0.6 is 0 Å². The normalized spacial score (nSPS) is 13.3. The predicted molar refractivity (Wildman–Crippen MR) is 161 cm³/mol. The molecule has 0 unspecified atom stereocenters. The van der Waals surface area contributed by atoms with E-state index in [1.807, 2.05) is 12.1 Å². The van der Waals surface area contributed by atoms with Crippen molar-refractivity contribution in [2.24, 2.45) is 0 Å². The molecule has 0 aliphatic heterocycles. The van der Waals surface area contributed by atoms with Gasteiger partial charge in [0.25, 0.3) is 0 Å². The molecule has 0 radical (unpaired) electrons. The summed E-state index contributed by atoms with van der Waals surface area (Å²) in [5, 5.41) is 14.2. The third-order valence-corrected chi connectivity index (χ3v) is 8.16. The van der Waals surface area contributed by atoms with Gasteiger partial charge in [0, 0.05) is 22.2 Å². The van der Waals surface area contributed by atoms with Crippen molar-refractivity contribution >= 4 is 44.6 Å². The van der Waals surface area contributed by atoms with E-state index in [1.54, 1.807) is 12.1 Å². The second-order valence-electron chi connectivity index (χ2n) is 10.8. The average Bonchev–Trinajstić information content (AvgIpc) is 3.19. The molecule has 0 amide bonds. The first-order valence-electron chi connectivity index (χ1n) is 13.2. The van der Waals surface area contributed by atoms with Crippen molar-refractivity contribution < 1.29 is 9.90 Å². The van der Waals surface area contributed by atoms with Crippen LogP contribution in [-0.4, -0.2) is 11.1 Å². The van der Waals surface area contributed by atoms with Crippen LogP contribution in [0.5, 0.6) is 0 Å². The second-order valence-corrected chi connectivity index (χ2v) is 10.8. The largest absolute Gasteiger partial charge is 0.478 e. The van der Waals surface area contributed by atoms with Crippen LogP contribution in [0.2, 0.25) is 0 Å². The van der Waals surface area contributed by atoms with Gasteiger partial charge in [-0.3, -0.25) is 0 Å². The van der Waals surface area contributed by atoms with E-state index in [4.69, 9.17) is 0 Å². The standard InChI is InChI=1S/C36H27NO2/c1-36(2)32-12-6-5-11-29(32)30-19-18-28(22-33(30)36)37(27-16-14-23(15-17-27)35(38)39)34-13-7-10-26-20-24-8-3-4-9-25(24)21-31(26)34/h3-22H,1-2H3,(H,38,39). The van der Waals surface area contributed by atoms with Gasteiger partial charge in [0.1, 0.15) is 0 Å². The molecule has 3 nitrogen and oxygen atoms in total. The number of nitrogens with zero attached hydrogens (tertiary/aromatic N) is 1. The van der Waals surface area contributed by atoms with Crippen LogP contribution in [0, 0.1) is 0 Å². The molecule has 0 fully saturated rings. The van der Waals surface area contributed by atoms with E-state index in [-0.39, 0.29) is 11.0 Å². The molecule has 1 N–H and O–H groups in total. The van der Waals surface area contributed by atoms with E-state index in [1.165, 1.54) is 33.0 Å². The van der Waals surface area contributed by atoms with Gasteiger partial charge >= 0.3 is 5.97 Å². The molecule has 0 atom stereocenters. The van der Waals surface area contributed by atoms with Crippen molar-refractivity contribution in [2.75, 3.05) is 4.90 Å². The number of carboxylic acid groups (broad SMARTS) is 1. The van der Waals surface area contributed by atoms with Crippen molar-refractivity contribution in [1.82, 2.24) is 0 Å². The van der Waals surface area contributed by atoms with Crippen LogP contribution in [0.3, 0.4) is 0 Å². The topological polar surface area (TPSA) is 40.5 Å². The number of fused-ring (bicyclic) bond motifs is 5. The fourth-order valence-electron chi connectivity index (χ4n) is 6.16. The van der Waals surface area contributed by atoms with Crippen molar-refractivity contribution in [3.8, 4) is 11.1 Å². The number of aromatic carboxylic acids is 1. The highest BCUT2D eigenvalue weighted by Gasteiger charge is 2.35. The van der Waals surface area contributed by atoms with Crippen LogP contribution < -0.4 is 4.90 Å². The number of hydrogen-bond donors (Lipinski definition) is 1. The van der Waals surface area contributed by atoms with Crippen LogP contribution in [-0.2, 0) is 5.41 Å². The number of anilines is 3. The summed E-state index contributed by atoms with van der Waals surface area (Å²) in [5.41, 5.74) is 8.33. The lowest BCUT2D eigenvalue weighted by Gasteiger charge is -2.29. The predicted octanol–water partition coefficient (Wildman–Crippen LogP) is 9.47. The molecule has 0 heterocycles. The molecule has 0 spiro atoms. The van der Waals surface area contributed by atoms with E-state index in [0.29, 0.717) is 0 Å². The van der Waals surface area contributed by atoms with Gasteiger partial charge in [-0.2, -0.15) is 0 Å². The number of carboxylic acids is 1. The number of benzene rings is 6. The number of rotatable bonds is 4. The molecule has 0 aromatic heterocycles. The Hall–Kier alpha value is -4.89. The molecule has 0 bridgehead atoms. The highest BCUT2D eigenvalue weighted by atomic mass is 16.4. The fourth-order valence-corrected chi connectivity index (χ4v) is 6.16. The van der Waals surface area contributed by atoms with Gasteiger partial charge in [0.2, 0.25) is 0 Å². The maximum Gasteiger partial charge on any atom is 0.335 e. The molecule has 7 rings (SSSR count). The highest BCUT2D eigenvalue weighted by molar-refractivity contribution is 6.06. The summed E-state index contributed by atoms with van der Waals surface area (Å²) in [6.07, 6.45) is 0. The minimum Gasteiger partial charge on any atom is -0.478 e. The Bertz CT molecular complexity index is 1920. The smallest absolute Gasteiger partial charge is 0.335 e. The molecule has 39 heavy (non-hydrogen) atoms. The third kappa shape index (κ3) is 3.62. The Morgan fingerprint density at radius 1 is 0.615 bits per heavy atom. The van der Waals surface area contributed by atoms with E-state index in [0.717, 1.165) is 27.8 Å². The van der Waals surface area contributed by atoms with Gasteiger partial charge in [-0.1, -0.05) is 80.6 Å². The quantitative estimate of drug-likeness (QED) is 0.243. The monoisotopic (exact) mass is 505 g/mol. The molecule has 6 aromatic rings. The molecule has 0 saturated heterocycles. The van der Waals surface area contributed by atoms with Crippen LogP contribution in [0.15, 0.2) is 121 Å². The van der Waals surface area contributed by atoms with Crippen molar-refractivity contribution in [2.45, 2.75) is 19.3 Å². The first kappa shape index (κ1) is 23.2. The van der Waals surface area contributed by atoms with Crippen LogP contribution in [0.4, 0.5) is 17.1 Å². The van der Waals surface area contributed by atoms with Gasteiger partial charge in [0.15, 0.2) is 0 Å². The zero-order valence-electron chi connectivity index (χ0n) is 21.8. The lowest BCUT2D eigenvalue weighted by Crippen LogP contribution is -2.16. The van der Waals surface area contributed by atoms with Crippen molar-refractivity contribution in [1.29, 1.82) is 0 Å². The van der Waals surface area contributed by atoms with E-state index in [2.05, 4.69) is 116 Å². The van der Waals surface area contributed by atoms with E-state index >= 15 is 0 Å². The number of carbonyl (C=O) groups is 1. The molecule has 0 saturated carbocycles. The van der Waals surface area contributed by atoms with Crippen LogP contribution in [0.1, 0.15) is 35.3 Å². The van der Waals surface area contributed by atoms with Crippen molar-refractivity contribution in [3.63, 3.8) is 0 Å². The Labute approximate surface area is 227 Å². The fraction of sp³-hybridized carbons (Fsp3) is 0.0833. The highest BCUT2D eigenvalue weighted by Crippen LogP contribution is 2.51. The summed E-state index contributed by atoms with van der Waals surface area (Å²) >= 11 is 0. The lowest BCUT2D eigenvalue weighted by atomic mass is 9.82. The van der Waals surface area contributed by atoms with Gasteiger partial charge in [0.05, 0.1) is 11.3 Å². The maximum absolute atomic E-state index is 11.6. The van der Waals surface area contributed by atoms with Gasteiger partial charge in [-0.25, -0.2) is 4.79 Å². The third-order valence-electron chi connectivity index (χ3n) is 8.16. The Morgan fingerprint density at radius 2 is 1.26 bits per heavy atom. The Kier molecular flexibility index (Phi) is 5.11. The molecular weight excluding hydrogens is 478 g/mol. The molecular formula is C36H27NO2. The molecule has 1 aliphatic carbocycles. The zero-order valence-corrected chi connectivity index (χ0v) is 21.8. The maximum atomic E-state index is 11.6. The zero-order chi connectivity index (χ0) is 26.7. The molecule has 3 heteroatoms. The average molecular weight is 506 g/mol. The van der Waals surface area contributed by atoms with Crippen molar-refractivity contribution in [3.05, 3.63) is 138 Å². The molecule has 188 valence electrons. The Balaban J connectivity index is 1.48. The summed E-state index contributed by atoms with van der Waals surface area (Å²) in [6.45, 7) is 4.58. The number of hydrogen-bond acceptors (Lipinski definition) is 2. The van der Waals surface area contributed by atoms with Crippen LogP contribution in [0.25, 0.3) is 32.7 Å². The van der Waals surface area contributed by atoms with E-state index in [9.17, 15) is 9.90 Å². The summed E-state index contributed by atoms with van der Waals surface area (Å²) in [6, 6.07) is 41.9. The Morgan fingerprint density at radius 3 is 2.03 bits per heavy atom. The second kappa shape index (κ2) is 8.57. The van der Waals surface area contributed by atoms with Gasteiger partial charge in [-0.05, 0) is 93.0 Å². The summed E-state index contributed by atoms with van der Waals surface area (Å²) in [5.74, 6) is -0.929. The molecule has 6 aromatic carbocycles. The minimum atomic E-state index is -0.929. The SMILES string of the molecule is CC1(C)c2ccccc2-c2ccc(N(c3ccc(C(=O)O)cc3)c3cccc4cc5ccccc5cc34)cc21. The summed E-state index contributed by atoms with van der Waals surface area (Å²) in [4.78, 5) is 13.9. The molecule has 1 aliphatic rings. The first-order valence-corrected chi connectivity index (χ1v) is 13.2.